The van der Waals surface area contributed by atoms with Crippen molar-refractivity contribution in [1.82, 2.24) is 4.68 Å². The molecule has 0 aliphatic carbocycles. The highest BCUT2D eigenvalue weighted by Crippen LogP contribution is 2.11. The molecule has 17 heavy (non-hydrogen) atoms. The van der Waals surface area contributed by atoms with Crippen LogP contribution in [0.2, 0.25) is 0 Å². The Hall–Kier alpha value is -1.04. The Morgan fingerprint density at radius 2 is 2.29 bits per heavy atom. The average Bonchev–Trinajstić information content (AvgIpc) is 2.99. The summed E-state index contributed by atoms with van der Waals surface area (Å²) >= 11 is 0. The van der Waals surface area contributed by atoms with Crippen LogP contribution in [0.3, 0.4) is 0 Å². The van der Waals surface area contributed by atoms with Crippen LogP contribution in [0.4, 0.5) is 0 Å². The predicted octanol–water partition coefficient (Wildman–Crippen LogP) is 0.588. The molecule has 1 aromatic rings. The van der Waals surface area contributed by atoms with Gasteiger partial charge in [-0.1, -0.05) is 0 Å². The van der Waals surface area contributed by atoms with Crippen LogP contribution in [0, 0.1) is 0 Å². The SMILES string of the molecule is OC(CNn1cccc1)COCC1CCCO1. The molecule has 2 atom stereocenters. The molecule has 5 heteroatoms. The Morgan fingerprint density at radius 3 is 3.00 bits per heavy atom. The third-order valence-corrected chi connectivity index (χ3v) is 2.75. The standard InChI is InChI=1S/C12H20N2O3/c15-11(8-13-14-5-1-2-6-14)9-16-10-12-4-3-7-17-12/h1-2,5-6,11-13,15H,3-4,7-10H2. The van der Waals surface area contributed by atoms with Crippen LogP contribution >= 0.6 is 0 Å². The number of aliphatic hydroxyl groups excluding tert-OH is 1. The van der Waals surface area contributed by atoms with E-state index >= 15 is 0 Å². The van der Waals surface area contributed by atoms with Gasteiger partial charge in [0, 0.05) is 19.0 Å². The summed E-state index contributed by atoms with van der Waals surface area (Å²) in [6.45, 7) is 2.24. The van der Waals surface area contributed by atoms with E-state index in [0.717, 1.165) is 19.4 Å². The summed E-state index contributed by atoms with van der Waals surface area (Å²) in [5, 5.41) is 9.68. The molecule has 2 N–H and O–H groups in total. The Morgan fingerprint density at radius 1 is 1.47 bits per heavy atom. The molecular weight excluding hydrogens is 220 g/mol. The van der Waals surface area contributed by atoms with Crippen LogP contribution in [0.25, 0.3) is 0 Å². The number of rotatable bonds is 7. The third kappa shape index (κ3) is 4.38. The third-order valence-electron chi connectivity index (χ3n) is 2.75. The number of nitrogens with zero attached hydrogens (tertiary/aromatic N) is 1. The molecule has 0 radical (unpaired) electrons. The van der Waals surface area contributed by atoms with Crippen LogP contribution < -0.4 is 5.43 Å². The second-order valence-corrected chi connectivity index (χ2v) is 4.28. The van der Waals surface area contributed by atoms with Crippen LogP contribution in [0.5, 0.6) is 0 Å². The molecule has 1 aliphatic rings. The second-order valence-electron chi connectivity index (χ2n) is 4.28. The summed E-state index contributed by atoms with van der Waals surface area (Å²) in [7, 11) is 0. The zero-order valence-electron chi connectivity index (χ0n) is 9.92. The molecule has 0 amide bonds. The van der Waals surface area contributed by atoms with Crippen LogP contribution in [-0.4, -0.2) is 48.4 Å². The molecule has 1 saturated heterocycles. The topological polar surface area (TPSA) is 55.7 Å². The van der Waals surface area contributed by atoms with Crippen LogP contribution in [0.1, 0.15) is 12.8 Å². The highest BCUT2D eigenvalue weighted by Gasteiger charge is 2.15. The fraction of sp³-hybridized carbons (Fsp3) is 0.667. The predicted molar refractivity (Wildman–Crippen MR) is 64.5 cm³/mol. The van der Waals surface area contributed by atoms with Gasteiger partial charge in [-0.3, -0.25) is 4.68 Å². The van der Waals surface area contributed by atoms with E-state index in [2.05, 4.69) is 5.43 Å². The van der Waals surface area contributed by atoms with E-state index in [1.807, 2.05) is 29.2 Å². The molecule has 1 fully saturated rings. The Balaban J connectivity index is 1.52. The van der Waals surface area contributed by atoms with Gasteiger partial charge in [0.2, 0.25) is 0 Å². The summed E-state index contributed by atoms with van der Waals surface area (Å²) in [6.07, 6.45) is 5.68. The normalized spacial score (nSPS) is 21.6. The van der Waals surface area contributed by atoms with E-state index < -0.39 is 6.10 Å². The number of aliphatic hydroxyl groups is 1. The van der Waals surface area contributed by atoms with Crippen LogP contribution in [-0.2, 0) is 9.47 Å². The summed E-state index contributed by atoms with van der Waals surface area (Å²) in [5.41, 5.74) is 3.06. The molecule has 0 bridgehead atoms. The minimum Gasteiger partial charge on any atom is -0.389 e. The maximum absolute atomic E-state index is 9.68. The molecule has 2 heterocycles. The van der Waals surface area contributed by atoms with Crippen molar-refractivity contribution in [3.63, 3.8) is 0 Å². The van der Waals surface area contributed by atoms with Gasteiger partial charge in [0.15, 0.2) is 0 Å². The number of nitrogens with one attached hydrogen (secondary N) is 1. The molecule has 5 nitrogen and oxygen atoms in total. The Labute approximate surface area is 101 Å². The van der Waals surface area contributed by atoms with Crippen molar-refractivity contribution in [2.75, 3.05) is 31.8 Å². The lowest BCUT2D eigenvalue weighted by molar-refractivity contribution is -0.0141. The minimum absolute atomic E-state index is 0.222. The molecule has 0 spiro atoms. The smallest absolute Gasteiger partial charge is 0.0961 e. The molecule has 2 rings (SSSR count). The Bertz CT molecular complexity index is 297. The van der Waals surface area contributed by atoms with Crippen LogP contribution in [0.15, 0.2) is 24.5 Å². The van der Waals surface area contributed by atoms with Crippen molar-refractivity contribution in [3.05, 3.63) is 24.5 Å². The largest absolute Gasteiger partial charge is 0.389 e. The quantitative estimate of drug-likeness (QED) is 0.732. The maximum atomic E-state index is 9.68. The number of hydrogen-bond acceptors (Lipinski definition) is 4. The lowest BCUT2D eigenvalue weighted by atomic mass is 10.2. The van der Waals surface area contributed by atoms with Crippen molar-refractivity contribution in [1.29, 1.82) is 0 Å². The molecule has 0 aromatic carbocycles. The molecule has 96 valence electrons. The number of hydrogen-bond donors (Lipinski definition) is 2. The van der Waals surface area contributed by atoms with E-state index in [4.69, 9.17) is 9.47 Å². The van der Waals surface area contributed by atoms with Gasteiger partial charge in [-0.05, 0) is 25.0 Å². The molecule has 1 aliphatic heterocycles. The van der Waals surface area contributed by atoms with Gasteiger partial charge in [0.05, 0.1) is 32.0 Å². The lowest BCUT2D eigenvalue weighted by Gasteiger charge is -2.15. The summed E-state index contributed by atoms with van der Waals surface area (Å²) in [5.74, 6) is 0. The summed E-state index contributed by atoms with van der Waals surface area (Å²) < 4.78 is 12.7. The summed E-state index contributed by atoms with van der Waals surface area (Å²) in [6, 6.07) is 3.85. The van der Waals surface area contributed by atoms with Gasteiger partial charge >= 0.3 is 0 Å². The van der Waals surface area contributed by atoms with Gasteiger partial charge in [-0.25, -0.2) is 0 Å². The van der Waals surface area contributed by atoms with Gasteiger partial charge in [-0.15, -0.1) is 0 Å². The van der Waals surface area contributed by atoms with Crippen molar-refractivity contribution >= 4 is 0 Å². The molecule has 2 unspecified atom stereocenters. The maximum Gasteiger partial charge on any atom is 0.0961 e. The Kier molecular flexibility index (Phi) is 4.85. The van der Waals surface area contributed by atoms with Gasteiger partial charge < -0.3 is 20.0 Å². The van der Waals surface area contributed by atoms with E-state index in [-0.39, 0.29) is 6.10 Å². The first-order valence-electron chi connectivity index (χ1n) is 6.09. The number of aromatic nitrogens is 1. The van der Waals surface area contributed by atoms with E-state index in [1.54, 1.807) is 0 Å². The zero-order chi connectivity index (χ0) is 11.9. The second kappa shape index (κ2) is 6.64. The highest BCUT2D eigenvalue weighted by atomic mass is 16.5. The van der Waals surface area contributed by atoms with E-state index in [0.29, 0.717) is 19.8 Å². The lowest BCUT2D eigenvalue weighted by Crippen LogP contribution is -2.30. The average molecular weight is 240 g/mol. The highest BCUT2D eigenvalue weighted by molar-refractivity contribution is 4.93. The number of ether oxygens (including phenoxy) is 2. The molecule has 0 saturated carbocycles. The fourth-order valence-electron chi connectivity index (χ4n) is 1.82. The van der Waals surface area contributed by atoms with Crippen molar-refractivity contribution < 1.29 is 14.6 Å². The first-order chi connectivity index (χ1) is 8.34. The monoisotopic (exact) mass is 240 g/mol. The van der Waals surface area contributed by atoms with Crippen molar-refractivity contribution in [3.8, 4) is 0 Å². The minimum atomic E-state index is -0.501. The van der Waals surface area contributed by atoms with Crippen molar-refractivity contribution in [2.24, 2.45) is 0 Å². The van der Waals surface area contributed by atoms with E-state index in [1.165, 1.54) is 0 Å². The molecule has 1 aromatic heterocycles. The van der Waals surface area contributed by atoms with Gasteiger partial charge in [-0.2, -0.15) is 0 Å². The first-order valence-corrected chi connectivity index (χ1v) is 6.09. The molecular formula is C12H20N2O3. The van der Waals surface area contributed by atoms with E-state index in [9.17, 15) is 5.11 Å². The van der Waals surface area contributed by atoms with Gasteiger partial charge in [0.25, 0.3) is 0 Å². The fourth-order valence-corrected chi connectivity index (χ4v) is 1.82. The zero-order valence-corrected chi connectivity index (χ0v) is 9.92. The summed E-state index contributed by atoms with van der Waals surface area (Å²) in [4.78, 5) is 0. The van der Waals surface area contributed by atoms with Gasteiger partial charge in [0.1, 0.15) is 0 Å². The first kappa shape index (κ1) is 12.4. The van der Waals surface area contributed by atoms with Crippen molar-refractivity contribution in [2.45, 2.75) is 25.0 Å².